The second-order valence-corrected chi connectivity index (χ2v) is 5.98. The van der Waals surface area contributed by atoms with Crippen LogP contribution in [0.5, 0.6) is 0 Å². The first kappa shape index (κ1) is 18.2. The second kappa shape index (κ2) is 10.9. The lowest BCUT2D eigenvalue weighted by Gasteiger charge is -2.32. The molecule has 124 valence electrons. The Morgan fingerprint density at radius 1 is 1.38 bits per heavy atom. The third kappa shape index (κ3) is 7.14. The van der Waals surface area contributed by atoms with Gasteiger partial charge >= 0.3 is 0 Å². The smallest absolute Gasteiger partial charge is 0.193 e. The number of ether oxygens (including phenoxy) is 1. The van der Waals surface area contributed by atoms with Gasteiger partial charge in [-0.05, 0) is 38.3 Å². The van der Waals surface area contributed by atoms with Crippen LogP contribution in [0.25, 0.3) is 0 Å². The van der Waals surface area contributed by atoms with Crippen molar-refractivity contribution in [2.45, 2.75) is 32.6 Å². The van der Waals surface area contributed by atoms with E-state index in [1.807, 2.05) is 7.05 Å². The van der Waals surface area contributed by atoms with E-state index in [2.05, 4.69) is 34.1 Å². The van der Waals surface area contributed by atoms with E-state index in [0.717, 1.165) is 38.1 Å². The van der Waals surface area contributed by atoms with Crippen LogP contribution in [0.4, 0.5) is 0 Å². The van der Waals surface area contributed by atoms with Crippen molar-refractivity contribution in [3.05, 3.63) is 0 Å². The normalized spacial score (nSPS) is 18.0. The predicted molar refractivity (Wildman–Crippen MR) is 89.9 cm³/mol. The van der Waals surface area contributed by atoms with Crippen molar-refractivity contribution < 1.29 is 4.74 Å². The molecular formula is C16H34N4O. The number of nitrogens with zero attached hydrogens (tertiary/aromatic N) is 3. The highest BCUT2D eigenvalue weighted by Gasteiger charge is 2.19. The lowest BCUT2D eigenvalue weighted by atomic mass is 9.97. The van der Waals surface area contributed by atoms with Gasteiger partial charge in [-0.3, -0.25) is 4.99 Å². The molecule has 0 bridgehead atoms. The number of hydrogen-bond acceptors (Lipinski definition) is 3. The third-order valence-electron chi connectivity index (χ3n) is 4.29. The third-order valence-corrected chi connectivity index (χ3v) is 4.29. The van der Waals surface area contributed by atoms with Crippen LogP contribution in [-0.4, -0.2) is 76.3 Å². The lowest BCUT2D eigenvalue weighted by Crippen LogP contribution is -2.44. The molecule has 0 aromatic rings. The number of unbranched alkanes of at least 4 members (excludes halogenated alkanes) is 1. The molecule has 1 saturated heterocycles. The summed E-state index contributed by atoms with van der Waals surface area (Å²) in [5.74, 6) is 1.80. The molecule has 0 aromatic carbocycles. The fraction of sp³-hybridized carbons (Fsp3) is 0.938. The standard InChI is InChI=1S/C16H34N4O/c1-5-6-9-19(3)16(17-2)18-14-15-7-10-20(11-8-15)12-13-21-4/h15H,5-14H2,1-4H3,(H,17,18). The van der Waals surface area contributed by atoms with Crippen molar-refractivity contribution in [1.29, 1.82) is 0 Å². The molecule has 1 rings (SSSR count). The Hall–Kier alpha value is -0.810. The summed E-state index contributed by atoms with van der Waals surface area (Å²) in [5.41, 5.74) is 0. The zero-order chi connectivity index (χ0) is 15.5. The van der Waals surface area contributed by atoms with Crippen molar-refractivity contribution >= 4 is 5.96 Å². The monoisotopic (exact) mass is 298 g/mol. The number of nitrogens with one attached hydrogen (secondary N) is 1. The van der Waals surface area contributed by atoms with E-state index in [1.54, 1.807) is 7.11 Å². The Bertz CT molecular complexity index is 288. The van der Waals surface area contributed by atoms with Gasteiger partial charge in [-0.15, -0.1) is 0 Å². The molecule has 1 fully saturated rings. The van der Waals surface area contributed by atoms with Gasteiger partial charge in [0.05, 0.1) is 6.61 Å². The minimum atomic E-state index is 0.764. The maximum Gasteiger partial charge on any atom is 0.193 e. The fourth-order valence-electron chi connectivity index (χ4n) is 2.76. The van der Waals surface area contributed by atoms with Gasteiger partial charge in [0.2, 0.25) is 0 Å². The summed E-state index contributed by atoms with van der Waals surface area (Å²) < 4.78 is 5.15. The molecule has 1 heterocycles. The number of methoxy groups -OCH3 is 1. The van der Waals surface area contributed by atoms with Gasteiger partial charge < -0.3 is 19.9 Å². The maximum absolute atomic E-state index is 5.15. The van der Waals surface area contributed by atoms with Crippen molar-refractivity contribution in [2.75, 3.05) is 60.5 Å². The van der Waals surface area contributed by atoms with Gasteiger partial charge in [0, 0.05) is 40.8 Å². The number of likely N-dealkylation sites (tertiary alicyclic amines) is 1. The molecule has 1 N–H and O–H groups in total. The maximum atomic E-state index is 5.15. The average molecular weight is 298 g/mol. The van der Waals surface area contributed by atoms with Crippen molar-refractivity contribution in [2.24, 2.45) is 10.9 Å². The Morgan fingerprint density at radius 2 is 2.10 bits per heavy atom. The van der Waals surface area contributed by atoms with Crippen LogP contribution in [0.15, 0.2) is 4.99 Å². The summed E-state index contributed by atoms with van der Waals surface area (Å²) in [7, 11) is 5.77. The Kier molecular flexibility index (Phi) is 9.42. The zero-order valence-corrected chi connectivity index (χ0v) is 14.4. The van der Waals surface area contributed by atoms with Crippen LogP contribution in [-0.2, 0) is 4.74 Å². The molecule has 0 unspecified atom stereocenters. The van der Waals surface area contributed by atoms with Crippen LogP contribution in [0, 0.1) is 5.92 Å². The van der Waals surface area contributed by atoms with Gasteiger partial charge in [-0.25, -0.2) is 0 Å². The number of piperidine rings is 1. The van der Waals surface area contributed by atoms with Crippen LogP contribution >= 0.6 is 0 Å². The van der Waals surface area contributed by atoms with E-state index in [9.17, 15) is 0 Å². The molecule has 0 radical (unpaired) electrons. The topological polar surface area (TPSA) is 40.1 Å². The predicted octanol–water partition coefficient (Wildman–Crippen LogP) is 1.65. The van der Waals surface area contributed by atoms with Crippen LogP contribution in [0.1, 0.15) is 32.6 Å². The molecule has 5 heteroatoms. The van der Waals surface area contributed by atoms with E-state index < -0.39 is 0 Å². The molecule has 0 saturated carbocycles. The van der Waals surface area contributed by atoms with E-state index in [4.69, 9.17) is 4.74 Å². The zero-order valence-electron chi connectivity index (χ0n) is 14.4. The Labute approximate surface area is 130 Å². The summed E-state index contributed by atoms with van der Waals surface area (Å²) in [4.78, 5) is 9.12. The molecule has 0 aromatic heterocycles. The summed E-state index contributed by atoms with van der Waals surface area (Å²) in [6.07, 6.45) is 4.98. The van der Waals surface area contributed by atoms with Crippen LogP contribution in [0.3, 0.4) is 0 Å². The number of rotatable bonds is 8. The number of aliphatic imine (C=N–C) groups is 1. The molecule has 0 spiro atoms. The first-order valence-corrected chi connectivity index (χ1v) is 8.34. The van der Waals surface area contributed by atoms with Crippen molar-refractivity contribution in [1.82, 2.24) is 15.1 Å². The minimum absolute atomic E-state index is 0.764. The minimum Gasteiger partial charge on any atom is -0.383 e. The molecule has 0 amide bonds. The fourth-order valence-corrected chi connectivity index (χ4v) is 2.76. The van der Waals surface area contributed by atoms with E-state index in [0.29, 0.717) is 0 Å². The largest absolute Gasteiger partial charge is 0.383 e. The summed E-state index contributed by atoms with van der Waals surface area (Å²) in [6, 6.07) is 0. The van der Waals surface area contributed by atoms with E-state index in [1.165, 1.54) is 38.8 Å². The van der Waals surface area contributed by atoms with E-state index in [-0.39, 0.29) is 0 Å². The first-order valence-electron chi connectivity index (χ1n) is 8.34. The summed E-state index contributed by atoms with van der Waals surface area (Å²) in [6.45, 7) is 8.64. The molecule has 21 heavy (non-hydrogen) atoms. The van der Waals surface area contributed by atoms with Crippen molar-refractivity contribution in [3.8, 4) is 0 Å². The van der Waals surface area contributed by atoms with Crippen LogP contribution < -0.4 is 5.32 Å². The Morgan fingerprint density at radius 3 is 2.67 bits per heavy atom. The molecule has 0 atom stereocenters. The van der Waals surface area contributed by atoms with Gasteiger partial charge in [-0.2, -0.15) is 0 Å². The van der Waals surface area contributed by atoms with Crippen LogP contribution in [0.2, 0.25) is 0 Å². The van der Waals surface area contributed by atoms with Gasteiger partial charge in [0.15, 0.2) is 5.96 Å². The molecule has 5 nitrogen and oxygen atoms in total. The highest BCUT2D eigenvalue weighted by atomic mass is 16.5. The highest BCUT2D eigenvalue weighted by molar-refractivity contribution is 5.79. The summed E-state index contributed by atoms with van der Waals surface area (Å²) >= 11 is 0. The SMILES string of the molecule is CCCCN(C)C(=NC)NCC1CCN(CCOC)CC1. The number of hydrogen-bond donors (Lipinski definition) is 1. The molecule has 1 aliphatic heterocycles. The molecular weight excluding hydrogens is 264 g/mol. The first-order chi connectivity index (χ1) is 10.2. The van der Waals surface area contributed by atoms with Gasteiger partial charge in [0.25, 0.3) is 0 Å². The highest BCUT2D eigenvalue weighted by Crippen LogP contribution is 2.16. The quantitative estimate of drug-likeness (QED) is 0.546. The van der Waals surface area contributed by atoms with Crippen molar-refractivity contribution in [3.63, 3.8) is 0 Å². The lowest BCUT2D eigenvalue weighted by molar-refractivity contribution is 0.120. The molecule has 1 aliphatic rings. The second-order valence-electron chi connectivity index (χ2n) is 5.98. The van der Waals surface area contributed by atoms with E-state index >= 15 is 0 Å². The Balaban J connectivity index is 2.22. The summed E-state index contributed by atoms with van der Waals surface area (Å²) in [5, 5.41) is 3.54. The molecule has 0 aliphatic carbocycles. The number of guanidine groups is 1. The van der Waals surface area contributed by atoms with Gasteiger partial charge in [-0.1, -0.05) is 13.3 Å². The average Bonchev–Trinajstić information content (AvgIpc) is 2.52. The van der Waals surface area contributed by atoms with Gasteiger partial charge in [0.1, 0.15) is 0 Å².